The van der Waals surface area contributed by atoms with Gasteiger partial charge in [-0.1, -0.05) is 18.2 Å². The maximum atomic E-state index is 11.5. The summed E-state index contributed by atoms with van der Waals surface area (Å²) in [6.07, 6.45) is 0. The highest BCUT2D eigenvalue weighted by atomic mass is 16.3. The Labute approximate surface area is 109 Å². The minimum Gasteiger partial charge on any atom is -0.508 e. The van der Waals surface area contributed by atoms with Gasteiger partial charge < -0.3 is 10.1 Å². The van der Waals surface area contributed by atoms with E-state index >= 15 is 0 Å². The van der Waals surface area contributed by atoms with Gasteiger partial charge in [0.25, 0.3) is 5.56 Å². The summed E-state index contributed by atoms with van der Waals surface area (Å²) in [4.78, 5) is 18.5. The van der Waals surface area contributed by atoms with Gasteiger partial charge in [-0.2, -0.15) is 0 Å². The largest absolute Gasteiger partial charge is 0.508 e. The summed E-state index contributed by atoms with van der Waals surface area (Å²) >= 11 is 0. The number of phenolic OH excluding ortho intramolecular Hbond substituents is 1. The lowest BCUT2D eigenvalue weighted by Crippen LogP contribution is -2.08. The SMILES string of the molecule is Cc1cc(=O)[nH]c(-c2ccc3cc(O)ccc3c2)n1. The van der Waals surface area contributed by atoms with Crippen LogP contribution in [0.3, 0.4) is 0 Å². The predicted octanol–water partition coefficient (Wildman–Crippen LogP) is 2.60. The van der Waals surface area contributed by atoms with E-state index in [9.17, 15) is 9.90 Å². The number of aromatic hydroxyl groups is 1. The molecule has 1 heterocycles. The van der Waals surface area contributed by atoms with Gasteiger partial charge in [-0.05, 0) is 35.9 Å². The van der Waals surface area contributed by atoms with Gasteiger partial charge in [-0.15, -0.1) is 0 Å². The first-order valence-corrected chi connectivity index (χ1v) is 5.93. The van der Waals surface area contributed by atoms with Crippen LogP contribution in [0, 0.1) is 6.92 Å². The monoisotopic (exact) mass is 252 g/mol. The second-order valence-corrected chi connectivity index (χ2v) is 4.48. The second-order valence-electron chi connectivity index (χ2n) is 4.48. The minimum atomic E-state index is -0.159. The number of H-pyrrole nitrogens is 1. The van der Waals surface area contributed by atoms with Crippen LogP contribution in [0.1, 0.15) is 5.69 Å². The van der Waals surface area contributed by atoms with Crippen LogP contribution in [0.5, 0.6) is 5.75 Å². The van der Waals surface area contributed by atoms with Gasteiger partial charge in [0.2, 0.25) is 0 Å². The highest BCUT2D eigenvalue weighted by Gasteiger charge is 2.04. The molecule has 2 N–H and O–H groups in total. The van der Waals surface area contributed by atoms with Crippen LogP contribution in [0.4, 0.5) is 0 Å². The summed E-state index contributed by atoms with van der Waals surface area (Å²) < 4.78 is 0. The Kier molecular flexibility index (Phi) is 2.56. The molecule has 0 amide bonds. The molecule has 1 aromatic heterocycles. The van der Waals surface area contributed by atoms with E-state index in [0.29, 0.717) is 11.5 Å². The van der Waals surface area contributed by atoms with Crippen molar-refractivity contribution in [3.63, 3.8) is 0 Å². The Bertz CT molecular complexity index is 822. The average molecular weight is 252 g/mol. The molecular formula is C15H12N2O2. The average Bonchev–Trinajstić information content (AvgIpc) is 2.37. The summed E-state index contributed by atoms with van der Waals surface area (Å²) in [6, 6.07) is 12.3. The molecule has 0 saturated carbocycles. The third-order valence-corrected chi connectivity index (χ3v) is 2.97. The van der Waals surface area contributed by atoms with Crippen LogP contribution < -0.4 is 5.56 Å². The van der Waals surface area contributed by atoms with E-state index in [1.807, 2.05) is 24.3 Å². The number of phenols is 1. The smallest absolute Gasteiger partial charge is 0.251 e. The molecule has 2 aromatic carbocycles. The Morgan fingerprint density at radius 1 is 1.05 bits per heavy atom. The quantitative estimate of drug-likeness (QED) is 0.699. The van der Waals surface area contributed by atoms with E-state index in [4.69, 9.17) is 0 Å². The first kappa shape index (κ1) is 11.5. The van der Waals surface area contributed by atoms with Gasteiger partial charge in [-0.25, -0.2) is 4.98 Å². The van der Waals surface area contributed by atoms with Crippen molar-refractivity contribution in [3.8, 4) is 17.1 Å². The van der Waals surface area contributed by atoms with Crippen molar-refractivity contribution >= 4 is 10.8 Å². The molecule has 3 aromatic rings. The van der Waals surface area contributed by atoms with Crippen LogP contribution in [-0.4, -0.2) is 15.1 Å². The minimum absolute atomic E-state index is 0.159. The zero-order valence-electron chi connectivity index (χ0n) is 10.3. The van der Waals surface area contributed by atoms with Gasteiger partial charge >= 0.3 is 0 Å². The molecule has 0 fully saturated rings. The molecule has 3 rings (SSSR count). The van der Waals surface area contributed by atoms with Crippen molar-refractivity contribution in [3.05, 3.63) is 58.5 Å². The van der Waals surface area contributed by atoms with Crippen LogP contribution in [-0.2, 0) is 0 Å². The molecule has 0 spiro atoms. The third kappa shape index (κ3) is 2.20. The zero-order chi connectivity index (χ0) is 13.4. The van der Waals surface area contributed by atoms with E-state index in [0.717, 1.165) is 16.3 Å². The first-order chi connectivity index (χ1) is 9.11. The molecule has 0 unspecified atom stereocenters. The fraction of sp³-hybridized carbons (Fsp3) is 0.0667. The van der Waals surface area contributed by atoms with Crippen LogP contribution in [0.2, 0.25) is 0 Å². The van der Waals surface area contributed by atoms with Gasteiger partial charge in [-0.3, -0.25) is 4.79 Å². The van der Waals surface area contributed by atoms with Crippen molar-refractivity contribution in [2.24, 2.45) is 0 Å². The molecule has 0 radical (unpaired) electrons. The van der Waals surface area contributed by atoms with Crippen molar-refractivity contribution in [1.82, 2.24) is 9.97 Å². The molecule has 0 aliphatic heterocycles. The van der Waals surface area contributed by atoms with Crippen molar-refractivity contribution in [2.75, 3.05) is 0 Å². The standard InChI is InChI=1S/C15H12N2O2/c1-9-6-14(19)17-15(16-9)12-3-2-11-8-13(18)5-4-10(11)7-12/h2-8,18H,1H3,(H,16,17,19). The predicted molar refractivity (Wildman–Crippen MR) is 74.2 cm³/mol. The van der Waals surface area contributed by atoms with E-state index in [-0.39, 0.29) is 11.3 Å². The summed E-state index contributed by atoms with van der Waals surface area (Å²) in [5.74, 6) is 0.794. The lowest BCUT2D eigenvalue weighted by atomic mass is 10.1. The number of nitrogens with zero attached hydrogens (tertiary/aromatic N) is 1. The highest BCUT2D eigenvalue weighted by molar-refractivity contribution is 5.87. The number of hydrogen-bond acceptors (Lipinski definition) is 3. The molecule has 4 nitrogen and oxygen atoms in total. The van der Waals surface area contributed by atoms with E-state index in [1.165, 1.54) is 6.07 Å². The Hall–Kier alpha value is -2.62. The lowest BCUT2D eigenvalue weighted by molar-refractivity contribution is 0.476. The molecule has 94 valence electrons. The molecular weight excluding hydrogens is 240 g/mol. The van der Waals surface area contributed by atoms with Crippen LogP contribution in [0.25, 0.3) is 22.2 Å². The zero-order valence-corrected chi connectivity index (χ0v) is 10.3. The maximum absolute atomic E-state index is 11.5. The van der Waals surface area contributed by atoms with Gasteiger partial charge in [0.05, 0.1) is 0 Å². The molecule has 0 saturated heterocycles. The summed E-state index contributed by atoms with van der Waals surface area (Å²) in [7, 11) is 0. The van der Waals surface area contributed by atoms with Gasteiger partial charge in [0, 0.05) is 17.3 Å². The number of aromatic amines is 1. The first-order valence-electron chi connectivity index (χ1n) is 5.93. The fourth-order valence-electron chi connectivity index (χ4n) is 2.10. The van der Waals surface area contributed by atoms with Gasteiger partial charge in [0.1, 0.15) is 11.6 Å². The number of hydrogen-bond donors (Lipinski definition) is 2. The van der Waals surface area contributed by atoms with Crippen molar-refractivity contribution in [2.45, 2.75) is 6.92 Å². The molecule has 0 aliphatic rings. The Morgan fingerprint density at radius 2 is 1.79 bits per heavy atom. The van der Waals surface area contributed by atoms with E-state index < -0.39 is 0 Å². The summed E-state index contributed by atoms with van der Waals surface area (Å²) in [5, 5.41) is 11.4. The van der Waals surface area contributed by atoms with Crippen molar-refractivity contribution < 1.29 is 5.11 Å². The highest BCUT2D eigenvalue weighted by Crippen LogP contribution is 2.24. The number of fused-ring (bicyclic) bond motifs is 1. The molecule has 0 aliphatic carbocycles. The lowest BCUT2D eigenvalue weighted by Gasteiger charge is -2.04. The number of aryl methyl sites for hydroxylation is 1. The van der Waals surface area contributed by atoms with E-state index in [2.05, 4.69) is 9.97 Å². The Morgan fingerprint density at radius 3 is 2.58 bits per heavy atom. The van der Waals surface area contributed by atoms with Crippen molar-refractivity contribution in [1.29, 1.82) is 0 Å². The van der Waals surface area contributed by atoms with Crippen LogP contribution >= 0.6 is 0 Å². The summed E-state index contributed by atoms with van der Waals surface area (Å²) in [5.41, 5.74) is 1.37. The fourth-order valence-corrected chi connectivity index (χ4v) is 2.10. The number of nitrogens with one attached hydrogen (secondary N) is 1. The topological polar surface area (TPSA) is 66.0 Å². The molecule has 0 bridgehead atoms. The van der Waals surface area contributed by atoms with Gasteiger partial charge in [0.15, 0.2) is 0 Å². The molecule has 0 atom stereocenters. The molecule has 4 heteroatoms. The normalized spacial score (nSPS) is 10.8. The molecule has 19 heavy (non-hydrogen) atoms. The Balaban J connectivity index is 2.20. The second kappa shape index (κ2) is 4.24. The number of aromatic nitrogens is 2. The number of rotatable bonds is 1. The third-order valence-electron chi connectivity index (χ3n) is 2.97. The summed E-state index contributed by atoms with van der Waals surface area (Å²) in [6.45, 7) is 1.79. The number of benzene rings is 2. The van der Waals surface area contributed by atoms with E-state index in [1.54, 1.807) is 19.1 Å². The maximum Gasteiger partial charge on any atom is 0.251 e. The van der Waals surface area contributed by atoms with Crippen LogP contribution in [0.15, 0.2) is 47.3 Å².